The lowest BCUT2D eigenvalue weighted by molar-refractivity contribution is 0.0746. The van der Waals surface area contributed by atoms with Crippen LogP contribution in [0.4, 0.5) is 11.5 Å². The maximum Gasteiger partial charge on any atom is 0.254 e. The van der Waals surface area contributed by atoms with Crippen molar-refractivity contribution >= 4 is 17.4 Å². The van der Waals surface area contributed by atoms with E-state index in [1.807, 2.05) is 30.0 Å². The molecule has 2 aromatic heterocycles. The Hall–Kier alpha value is -2.90. The Morgan fingerprint density at radius 1 is 1.20 bits per heavy atom. The third-order valence-electron chi connectivity index (χ3n) is 4.23. The topological polar surface area (TPSA) is 74.7 Å². The molecule has 1 amide bonds. The van der Waals surface area contributed by atoms with Gasteiger partial charge in [-0.05, 0) is 6.07 Å². The molecule has 0 atom stereocenters. The molecular weight excluding hydrogens is 320 g/mol. The minimum atomic E-state index is -0.00604. The Labute approximate surface area is 147 Å². The Balaban J connectivity index is 1.65. The lowest BCUT2D eigenvalue weighted by Gasteiger charge is -2.35. The van der Waals surface area contributed by atoms with E-state index in [4.69, 9.17) is 4.74 Å². The van der Waals surface area contributed by atoms with Crippen molar-refractivity contribution in [2.75, 3.05) is 57.2 Å². The zero-order valence-electron chi connectivity index (χ0n) is 14.7. The number of pyridine rings is 1. The number of carbonyl (C=O) groups is 1. The highest BCUT2D eigenvalue weighted by atomic mass is 16.5. The van der Waals surface area contributed by atoms with Crippen molar-refractivity contribution in [2.24, 2.45) is 0 Å². The molecule has 1 fully saturated rings. The summed E-state index contributed by atoms with van der Waals surface area (Å²) in [5.41, 5.74) is 1.60. The molecule has 1 aliphatic heterocycles. The molecule has 8 nitrogen and oxygen atoms in total. The van der Waals surface area contributed by atoms with Crippen LogP contribution in [-0.2, 0) is 0 Å². The van der Waals surface area contributed by atoms with Gasteiger partial charge in [0.15, 0.2) is 5.82 Å². The summed E-state index contributed by atoms with van der Waals surface area (Å²) in [6.07, 6.45) is 3.32. The first-order valence-electron chi connectivity index (χ1n) is 8.13. The van der Waals surface area contributed by atoms with Crippen LogP contribution in [0.1, 0.15) is 10.4 Å². The third-order valence-corrected chi connectivity index (χ3v) is 4.23. The average molecular weight is 342 g/mol. The van der Waals surface area contributed by atoms with Crippen molar-refractivity contribution in [1.29, 1.82) is 0 Å². The molecule has 0 unspecified atom stereocenters. The summed E-state index contributed by atoms with van der Waals surface area (Å²) in [6, 6.07) is 5.39. The van der Waals surface area contributed by atoms with Crippen LogP contribution in [0.2, 0.25) is 0 Å². The summed E-state index contributed by atoms with van der Waals surface area (Å²) in [5, 5.41) is 8.28. The first-order chi connectivity index (χ1) is 12.1. The van der Waals surface area contributed by atoms with Gasteiger partial charge < -0.3 is 19.4 Å². The summed E-state index contributed by atoms with van der Waals surface area (Å²) < 4.78 is 5.09. The molecule has 2 aromatic rings. The number of amides is 1. The van der Waals surface area contributed by atoms with E-state index in [0.29, 0.717) is 24.5 Å². The van der Waals surface area contributed by atoms with Crippen molar-refractivity contribution in [1.82, 2.24) is 20.1 Å². The fraction of sp³-hybridized carbons (Fsp3) is 0.412. The normalized spacial score (nSPS) is 14.4. The molecule has 0 saturated carbocycles. The Kier molecular flexibility index (Phi) is 4.97. The van der Waals surface area contributed by atoms with E-state index < -0.39 is 0 Å². The Morgan fingerprint density at radius 3 is 2.64 bits per heavy atom. The molecule has 132 valence electrons. The molecule has 0 radical (unpaired) electrons. The molecule has 1 saturated heterocycles. The van der Waals surface area contributed by atoms with Crippen LogP contribution < -0.4 is 14.5 Å². The Bertz CT molecular complexity index is 743. The first-order valence-corrected chi connectivity index (χ1v) is 8.13. The van der Waals surface area contributed by atoms with E-state index in [0.717, 1.165) is 24.6 Å². The molecule has 0 bridgehead atoms. The molecule has 0 spiro atoms. The molecular formula is C17H22N6O2. The van der Waals surface area contributed by atoms with Gasteiger partial charge in [-0.15, -0.1) is 5.10 Å². The van der Waals surface area contributed by atoms with Crippen molar-refractivity contribution in [3.8, 4) is 5.88 Å². The number of nitrogens with zero attached hydrogens (tertiary/aromatic N) is 6. The molecule has 8 heteroatoms. The Morgan fingerprint density at radius 2 is 1.96 bits per heavy atom. The van der Waals surface area contributed by atoms with Crippen molar-refractivity contribution in [2.45, 2.75) is 0 Å². The summed E-state index contributed by atoms with van der Waals surface area (Å²) in [5.74, 6) is 1.28. The van der Waals surface area contributed by atoms with Crippen LogP contribution >= 0.6 is 0 Å². The van der Waals surface area contributed by atoms with Gasteiger partial charge in [0.1, 0.15) is 0 Å². The second kappa shape index (κ2) is 7.33. The highest BCUT2D eigenvalue weighted by molar-refractivity contribution is 5.94. The van der Waals surface area contributed by atoms with E-state index in [1.165, 1.54) is 7.11 Å². The van der Waals surface area contributed by atoms with Gasteiger partial charge in [0.2, 0.25) is 5.88 Å². The average Bonchev–Trinajstić information content (AvgIpc) is 2.67. The van der Waals surface area contributed by atoms with Crippen LogP contribution in [0.25, 0.3) is 0 Å². The maximum atomic E-state index is 12.6. The number of rotatable bonds is 4. The largest absolute Gasteiger partial charge is 0.481 e. The van der Waals surface area contributed by atoms with E-state index in [1.54, 1.807) is 24.5 Å². The van der Waals surface area contributed by atoms with Gasteiger partial charge in [-0.2, -0.15) is 5.10 Å². The minimum absolute atomic E-state index is 0.00604. The highest BCUT2D eigenvalue weighted by Gasteiger charge is 2.23. The van der Waals surface area contributed by atoms with E-state index in [9.17, 15) is 4.79 Å². The number of aromatic nitrogens is 3. The van der Waals surface area contributed by atoms with Gasteiger partial charge in [-0.1, -0.05) is 0 Å². The summed E-state index contributed by atoms with van der Waals surface area (Å²) in [7, 11) is 5.49. The number of anilines is 2. The van der Waals surface area contributed by atoms with Crippen molar-refractivity contribution < 1.29 is 9.53 Å². The number of hydrogen-bond acceptors (Lipinski definition) is 7. The van der Waals surface area contributed by atoms with E-state index in [-0.39, 0.29) is 5.91 Å². The van der Waals surface area contributed by atoms with Crippen LogP contribution in [0, 0.1) is 0 Å². The quantitative estimate of drug-likeness (QED) is 0.817. The zero-order valence-corrected chi connectivity index (χ0v) is 14.7. The fourth-order valence-corrected chi connectivity index (χ4v) is 2.72. The number of methoxy groups -OCH3 is 1. The molecule has 1 aliphatic rings. The lowest BCUT2D eigenvalue weighted by atomic mass is 10.2. The van der Waals surface area contributed by atoms with E-state index >= 15 is 0 Å². The molecule has 0 aliphatic carbocycles. The zero-order chi connectivity index (χ0) is 17.8. The number of hydrogen-bond donors (Lipinski definition) is 0. The number of piperazine rings is 1. The van der Waals surface area contributed by atoms with Gasteiger partial charge >= 0.3 is 0 Å². The maximum absolute atomic E-state index is 12.6. The number of carbonyl (C=O) groups excluding carboxylic acids is 1. The highest BCUT2D eigenvalue weighted by Crippen LogP contribution is 2.19. The van der Waals surface area contributed by atoms with Crippen molar-refractivity contribution in [3.63, 3.8) is 0 Å². The smallest absolute Gasteiger partial charge is 0.254 e. The van der Waals surface area contributed by atoms with Crippen LogP contribution in [0.15, 0.2) is 30.6 Å². The summed E-state index contributed by atoms with van der Waals surface area (Å²) >= 11 is 0. The monoisotopic (exact) mass is 342 g/mol. The van der Waals surface area contributed by atoms with Crippen LogP contribution in [0.3, 0.4) is 0 Å². The minimum Gasteiger partial charge on any atom is -0.481 e. The van der Waals surface area contributed by atoms with Crippen molar-refractivity contribution in [3.05, 3.63) is 36.2 Å². The third kappa shape index (κ3) is 3.78. The van der Waals surface area contributed by atoms with Gasteiger partial charge in [0, 0.05) is 64.2 Å². The molecule has 0 N–H and O–H groups in total. The fourth-order valence-electron chi connectivity index (χ4n) is 2.72. The van der Waals surface area contributed by atoms with Crippen LogP contribution in [-0.4, -0.2) is 73.4 Å². The molecule has 25 heavy (non-hydrogen) atoms. The second-order valence-electron chi connectivity index (χ2n) is 6.03. The van der Waals surface area contributed by atoms with Gasteiger partial charge in [0.25, 0.3) is 5.91 Å². The lowest BCUT2D eigenvalue weighted by Crippen LogP contribution is -2.49. The summed E-state index contributed by atoms with van der Waals surface area (Å²) in [6.45, 7) is 2.72. The first kappa shape index (κ1) is 16.9. The second-order valence-corrected chi connectivity index (χ2v) is 6.03. The SMILES string of the molecule is COc1cc(C(=O)N2CCN(c3cc(N(C)C)cnn3)CC2)ccn1. The van der Waals surface area contributed by atoms with Gasteiger partial charge in [-0.25, -0.2) is 4.98 Å². The molecule has 3 heterocycles. The predicted molar refractivity (Wildman–Crippen MR) is 95.3 cm³/mol. The summed E-state index contributed by atoms with van der Waals surface area (Å²) in [4.78, 5) is 22.7. The number of ether oxygens (including phenoxy) is 1. The van der Waals surface area contributed by atoms with Gasteiger partial charge in [0.05, 0.1) is 19.0 Å². The van der Waals surface area contributed by atoms with Crippen LogP contribution in [0.5, 0.6) is 5.88 Å². The molecule has 3 rings (SSSR count). The van der Waals surface area contributed by atoms with E-state index in [2.05, 4.69) is 20.1 Å². The van der Waals surface area contributed by atoms with Gasteiger partial charge in [-0.3, -0.25) is 4.79 Å². The standard InChI is InChI=1S/C17H22N6O2/c1-21(2)14-11-15(20-19-12-14)22-6-8-23(9-7-22)17(24)13-4-5-18-16(10-13)25-3/h4-5,10-12H,6-9H2,1-3H3. The predicted octanol–water partition coefficient (Wildman–Crippen LogP) is 0.909. The molecule has 0 aromatic carbocycles.